The molecule has 2 N–H and O–H groups in total. The summed E-state index contributed by atoms with van der Waals surface area (Å²) in [6, 6.07) is 0. The van der Waals surface area contributed by atoms with Crippen LogP contribution < -0.4 is 10.6 Å². The van der Waals surface area contributed by atoms with Gasteiger partial charge in [-0.2, -0.15) is 0 Å². The summed E-state index contributed by atoms with van der Waals surface area (Å²) in [6.45, 7) is 20.4. The van der Waals surface area contributed by atoms with E-state index in [1.54, 1.807) is 0 Å². The second-order valence-electron chi connectivity index (χ2n) is 7.89. The van der Waals surface area contributed by atoms with Crippen molar-refractivity contribution in [2.75, 3.05) is 78.5 Å². The number of likely N-dealkylation sites (tertiary alicyclic amines) is 1. The molecule has 0 aromatic heterocycles. The Morgan fingerprint density at radius 1 is 0.885 bits per heavy atom. The zero-order valence-corrected chi connectivity index (χ0v) is 17.5. The lowest BCUT2D eigenvalue weighted by Gasteiger charge is -2.35. The van der Waals surface area contributed by atoms with Crippen LogP contribution in [0.25, 0.3) is 0 Å². The monoisotopic (exact) mass is 366 g/mol. The Bertz CT molecular complexity index is 386. The van der Waals surface area contributed by atoms with Gasteiger partial charge in [0.15, 0.2) is 5.96 Å². The molecule has 1 atom stereocenters. The van der Waals surface area contributed by atoms with Crippen LogP contribution in [-0.4, -0.2) is 99.2 Å². The zero-order valence-electron chi connectivity index (χ0n) is 17.5. The third-order valence-electron chi connectivity index (χ3n) is 5.56. The van der Waals surface area contributed by atoms with Crippen LogP contribution in [0.1, 0.15) is 40.0 Å². The number of nitrogens with one attached hydrogen (secondary N) is 2. The highest BCUT2D eigenvalue weighted by atomic mass is 15.3. The number of hydrogen-bond acceptors (Lipinski definition) is 4. The molecule has 0 radical (unpaired) electrons. The molecule has 2 rings (SSSR count). The fourth-order valence-corrected chi connectivity index (χ4v) is 3.89. The largest absolute Gasteiger partial charge is 0.357 e. The van der Waals surface area contributed by atoms with Gasteiger partial charge in [0.25, 0.3) is 0 Å². The third-order valence-corrected chi connectivity index (χ3v) is 5.56. The summed E-state index contributed by atoms with van der Waals surface area (Å²) in [6.07, 6.45) is 4.12. The minimum absolute atomic E-state index is 0.598. The molecule has 0 aromatic carbocycles. The number of piperazine rings is 1. The Morgan fingerprint density at radius 3 is 2.23 bits per heavy atom. The summed E-state index contributed by atoms with van der Waals surface area (Å²) in [5.74, 6) is 1.58. The molecule has 0 bridgehead atoms. The molecule has 2 aliphatic heterocycles. The van der Waals surface area contributed by atoms with E-state index in [4.69, 9.17) is 4.99 Å². The number of piperidine rings is 1. The maximum atomic E-state index is 4.83. The first kappa shape index (κ1) is 21.5. The van der Waals surface area contributed by atoms with E-state index >= 15 is 0 Å². The summed E-state index contributed by atoms with van der Waals surface area (Å²) in [5, 5.41) is 6.91. The van der Waals surface area contributed by atoms with Crippen molar-refractivity contribution in [2.45, 2.75) is 40.0 Å². The van der Waals surface area contributed by atoms with Crippen molar-refractivity contribution in [3.05, 3.63) is 0 Å². The number of likely N-dealkylation sites (N-methyl/N-ethyl adjacent to an activating group) is 1. The summed E-state index contributed by atoms with van der Waals surface area (Å²) in [7, 11) is 0. The lowest BCUT2D eigenvalue weighted by Crippen LogP contribution is -2.47. The highest BCUT2D eigenvalue weighted by Crippen LogP contribution is 2.07. The van der Waals surface area contributed by atoms with Crippen LogP contribution in [0.5, 0.6) is 0 Å². The summed E-state index contributed by atoms with van der Waals surface area (Å²) < 4.78 is 0. The van der Waals surface area contributed by atoms with Crippen molar-refractivity contribution in [3.8, 4) is 0 Å². The molecule has 0 aliphatic carbocycles. The Morgan fingerprint density at radius 2 is 1.58 bits per heavy atom. The first-order valence-electron chi connectivity index (χ1n) is 10.9. The summed E-state index contributed by atoms with van der Waals surface area (Å²) in [5.41, 5.74) is 0. The van der Waals surface area contributed by atoms with Crippen LogP contribution in [0.3, 0.4) is 0 Å². The SMILES string of the molecule is CCNC(=NCC(C)CN1CCN(CC)CC1)NCCN1CCCCC1. The second kappa shape index (κ2) is 12.5. The zero-order chi connectivity index (χ0) is 18.6. The molecule has 0 saturated carbocycles. The molecule has 1 unspecified atom stereocenters. The number of rotatable bonds is 9. The maximum absolute atomic E-state index is 4.83. The Hall–Kier alpha value is -0.850. The molecule has 6 nitrogen and oxygen atoms in total. The predicted molar refractivity (Wildman–Crippen MR) is 112 cm³/mol. The van der Waals surface area contributed by atoms with Gasteiger partial charge in [0, 0.05) is 58.9 Å². The highest BCUT2D eigenvalue weighted by Gasteiger charge is 2.17. The lowest BCUT2D eigenvalue weighted by molar-refractivity contribution is 0.125. The number of aliphatic imine (C=N–C) groups is 1. The molecule has 2 aliphatic rings. The van der Waals surface area contributed by atoms with Crippen LogP contribution in [0.4, 0.5) is 0 Å². The van der Waals surface area contributed by atoms with Crippen LogP contribution >= 0.6 is 0 Å². The van der Waals surface area contributed by atoms with Crippen LogP contribution in [0, 0.1) is 5.92 Å². The molecule has 0 aromatic rings. The van der Waals surface area contributed by atoms with Crippen molar-refractivity contribution in [1.29, 1.82) is 0 Å². The predicted octanol–water partition coefficient (Wildman–Crippen LogP) is 1.30. The number of nitrogens with zero attached hydrogens (tertiary/aromatic N) is 4. The van der Waals surface area contributed by atoms with Crippen LogP contribution in [0.15, 0.2) is 4.99 Å². The van der Waals surface area contributed by atoms with Gasteiger partial charge < -0.3 is 25.3 Å². The van der Waals surface area contributed by atoms with Crippen molar-refractivity contribution in [2.24, 2.45) is 10.9 Å². The number of hydrogen-bond donors (Lipinski definition) is 2. The van der Waals surface area contributed by atoms with E-state index in [0.29, 0.717) is 5.92 Å². The molecule has 0 spiro atoms. The fraction of sp³-hybridized carbons (Fsp3) is 0.950. The van der Waals surface area contributed by atoms with Gasteiger partial charge in [-0.3, -0.25) is 4.99 Å². The van der Waals surface area contributed by atoms with E-state index in [0.717, 1.165) is 38.7 Å². The molecular formula is C20H42N6. The van der Waals surface area contributed by atoms with Crippen LogP contribution in [-0.2, 0) is 0 Å². The van der Waals surface area contributed by atoms with E-state index in [1.165, 1.54) is 65.1 Å². The van der Waals surface area contributed by atoms with Crippen molar-refractivity contribution >= 4 is 5.96 Å². The number of guanidine groups is 1. The average molecular weight is 367 g/mol. The van der Waals surface area contributed by atoms with Crippen molar-refractivity contribution in [3.63, 3.8) is 0 Å². The Kier molecular flexibility index (Phi) is 10.3. The smallest absolute Gasteiger partial charge is 0.191 e. The minimum atomic E-state index is 0.598. The lowest BCUT2D eigenvalue weighted by atomic mass is 10.1. The topological polar surface area (TPSA) is 46.1 Å². The van der Waals surface area contributed by atoms with Crippen molar-refractivity contribution < 1.29 is 0 Å². The third kappa shape index (κ3) is 8.23. The van der Waals surface area contributed by atoms with E-state index in [-0.39, 0.29) is 0 Å². The first-order chi connectivity index (χ1) is 12.7. The second-order valence-corrected chi connectivity index (χ2v) is 7.89. The fourth-order valence-electron chi connectivity index (χ4n) is 3.89. The minimum Gasteiger partial charge on any atom is -0.357 e. The summed E-state index contributed by atoms with van der Waals surface area (Å²) in [4.78, 5) is 12.5. The standard InChI is InChI=1S/C20H42N6/c1-4-21-20(22-9-12-25-10-7-6-8-11-25)23-17-19(3)18-26-15-13-24(5-2)14-16-26/h19H,4-18H2,1-3H3,(H2,21,22,23). The van der Waals surface area contributed by atoms with E-state index in [2.05, 4.69) is 46.1 Å². The molecule has 152 valence electrons. The highest BCUT2D eigenvalue weighted by molar-refractivity contribution is 5.79. The molecule has 2 fully saturated rings. The van der Waals surface area contributed by atoms with Gasteiger partial charge in [0.1, 0.15) is 0 Å². The normalized spacial score (nSPS) is 22.3. The van der Waals surface area contributed by atoms with E-state index in [9.17, 15) is 0 Å². The first-order valence-corrected chi connectivity index (χ1v) is 10.9. The Labute approximate surface area is 161 Å². The molecule has 6 heteroatoms. The summed E-state index contributed by atoms with van der Waals surface area (Å²) >= 11 is 0. The molecule has 26 heavy (non-hydrogen) atoms. The van der Waals surface area contributed by atoms with Gasteiger partial charge in [-0.1, -0.05) is 20.3 Å². The van der Waals surface area contributed by atoms with Gasteiger partial charge in [-0.15, -0.1) is 0 Å². The van der Waals surface area contributed by atoms with Gasteiger partial charge in [-0.25, -0.2) is 0 Å². The van der Waals surface area contributed by atoms with E-state index in [1.807, 2.05) is 0 Å². The van der Waals surface area contributed by atoms with Gasteiger partial charge in [-0.05, 0) is 45.3 Å². The average Bonchev–Trinajstić information content (AvgIpc) is 2.67. The molecule has 2 saturated heterocycles. The van der Waals surface area contributed by atoms with Gasteiger partial charge >= 0.3 is 0 Å². The molecular weight excluding hydrogens is 324 g/mol. The van der Waals surface area contributed by atoms with E-state index < -0.39 is 0 Å². The van der Waals surface area contributed by atoms with Gasteiger partial charge in [0.2, 0.25) is 0 Å². The van der Waals surface area contributed by atoms with Crippen molar-refractivity contribution in [1.82, 2.24) is 25.3 Å². The maximum Gasteiger partial charge on any atom is 0.191 e. The molecule has 0 amide bonds. The Balaban J connectivity index is 1.66. The van der Waals surface area contributed by atoms with Gasteiger partial charge in [0.05, 0.1) is 0 Å². The quantitative estimate of drug-likeness (QED) is 0.476. The molecule has 2 heterocycles. The van der Waals surface area contributed by atoms with Crippen LogP contribution in [0.2, 0.25) is 0 Å².